The third-order valence-electron chi connectivity index (χ3n) is 4.00. The van der Waals surface area contributed by atoms with Gasteiger partial charge < -0.3 is 19.9 Å². The van der Waals surface area contributed by atoms with Crippen molar-refractivity contribution < 1.29 is 19.4 Å². The van der Waals surface area contributed by atoms with Crippen molar-refractivity contribution in [2.75, 3.05) is 19.5 Å². The highest BCUT2D eigenvalue weighted by atomic mass is 16.5. The molecule has 6 heteroatoms. The zero-order valence-corrected chi connectivity index (χ0v) is 12.1. The highest BCUT2D eigenvalue weighted by Gasteiger charge is 2.47. The van der Waals surface area contributed by atoms with E-state index < -0.39 is 5.97 Å². The van der Waals surface area contributed by atoms with Crippen LogP contribution in [0.1, 0.15) is 30.6 Å². The molecule has 0 aliphatic heterocycles. The second-order valence-corrected chi connectivity index (χ2v) is 5.51. The first-order chi connectivity index (χ1) is 9.40. The van der Waals surface area contributed by atoms with E-state index in [-0.39, 0.29) is 29.0 Å². The van der Waals surface area contributed by atoms with Gasteiger partial charge in [0.15, 0.2) is 0 Å². The zero-order valence-electron chi connectivity index (χ0n) is 12.1. The van der Waals surface area contributed by atoms with E-state index in [2.05, 4.69) is 15.0 Å². The third-order valence-corrected chi connectivity index (χ3v) is 4.00. The SMILES string of the molecule is COC(=O)c1ccc(NC2CC(O)C2(C)C)nc1OC. The Morgan fingerprint density at radius 2 is 2.15 bits per heavy atom. The Bertz CT molecular complexity index is 516. The predicted octanol–water partition coefficient (Wildman–Crippen LogP) is 1.45. The molecule has 1 aliphatic carbocycles. The van der Waals surface area contributed by atoms with E-state index in [0.29, 0.717) is 12.2 Å². The van der Waals surface area contributed by atoms with Crippen LogP contribution in [0, 0.1) is 5.41 Å². The molecular formula is C14H20N2O4. The van der Waals surface area contributed by atoms with E-state index in [0.717, 1.165) is 0 Å². The quantitative estimate of drug-likeness (QED) is 0.812. The third kappa shape index (κ3) is 2.43. The molecule has 0 bridgehead atoms. The first-order valence-corrected chi connectivity index (χ1v) is 6.48. The second kappa shape index (κ2) is 5.28. The van der Waals surface area contributed by atoms with Crippen LogP contribution in [0.15, 0.2) is 12.1 Å². The van der Waals surface area contributed by atoms with Crippen LogP contribution < -0.4 is 10.1 Å². The van der Waals surface area contributed by atoms with Crippen LogP contribution in [0.3, 0.4) is 0 Å². The standard InChI is InChI=1S/C14H20N2O4/c1-14(2)9(7-10(14)17)15-11-6-5-8(13(18)20-4)12(16-11)19-3/h5-6,9-10,17H,7H2,1-4H3,(H,15,16). The lowest BCUT2D eigenvalue weighted by atomic mass is 9.64. The van der Waals surface area contributed by atoms with E-state index in [4.69, 9.17) is 4.74 Å². The number of nitrogens with one attached hydrogen (secondary N) is 1. The van der Waals surface area contributed by atoms with Crippen LogP contribution in [0.2, 0.25) is 0 Å². The van der Waals surface area contributed by atoms with Crippen molar-refractivity contribution in [3.05, 3.63) is 17.7 Å². The summed E-state index contributed by atoms with van der Waals surface area (Å²) >= 11 is 0. The summed E-state index contributed by atoms with van der Waals surface area (Å²) in [4.78, 5) is 15.8. The van der Waals surface area contributed by atoms with Crippen LogP contribution in [0.4, 0.5) is 5.82 Å². The predicted molar refractivity (Wildman–Crippen MR) is 73.9 cm³/mol. The van der Waals surface area contributed by atoms with Gasteiger partial charge in [0.1, 0.15) is 11.4 Å². The molecule has 2 atom stereocenters. The van der Waals surface area contributed by atoms with Crippen LogP contribution >= 0.6 is 0 Å². The zero-order chi connectivity index (χ0) is 14.9. The number of ether oxygens (including phenoxy) is 2. The average Bonchev–Trinajstić information content (AvgIpc) is 2.45. The molecule has 0 spiro atoms. The van der Waals surface area contributed by atoms with Crippen molar-refractivity contribution in [3.8, 4) is 5.88 Å². The number of carbonyl (C=O) groups is 1. The Morgan fingerprint density at radius 3 is 2.65 bits per heavy atom. The molecule has 2 rings (SSSR count). The number of methoxy groups -OCH3 is 2. The molecule has 1 aromatic rings. The minimum Gasteiger partial charge on any atom is -0.480 e. The minimum absolute atomic E-state index is 0.138. The van der Waals surface area contributed by atoms with Crippen molar-refractivity contribution in [3.63, 3.8) is 0 Å². The Kier molecular flexibility index (Phi) is 3.85. The number of pyridine rings is 1. The Hall–Kier alpha value is -1.82. The van der Waals surface area contributed by atoms with Crippen molar-refractivity contribution in [1.29, 1.82) is 0 Å². The summed E-state index contributed by atoms with van der Waals surface area (Å²) in [6, 6.07) is 3.45. The summed E-state index contributed by atoms with van der Waals surface area (Å²) in [5.41, 5.74) is 0.0871. The lowest BCUT2D eigenvalue weighted by molar-refractivity contribution is -0.0511. The highest BCUT2D eigenvalue weighted by Crippen LogP contribution is 2.42. The van der Waals surface area contributed by atoms with Crippen LogP contribution in [-0.4, -0.2) is 42.4 Å². The van der Waals surface area contributed by atoms with Gasteiger partial charge in [0.2, 0.25) is 5.88 Å². The maximum Gasteiger partial charge on any atom is 0.343 e. The van der Waals surface area contributed by atoms with E-state index >= 15 is 0 Å². The van der Waals surface area contributed by atoms with E-state index in [1.165, 1.54) is 14.2 Å². The number of hydrogen-bond acceptors (Lipinski definition) is 6. The first kappa shape index (κ1) is 14.6. The number of aliphatic hydroxyl groups is 1. The Morgan fingerprint density at radius 1 is 1.45 bits per heavy atom. The summed E-state index contributed by atoms with van der Waals surface area (Å²) in [5.74, 6) is 0.347. The maximum atomic E-state index is 11.5. The maximum absolute atomic E-state index is 11.5. The number of esters is 1. The number of rotatable bonds is 4. The van der Waals surface area contributed by atoms with E-state index in [9.17, 15) is 9.90 Å². The molecule has 1 aromatic heterocycles. The lowest BCUT2D eigenvalue weighted by Gasteiger charge is -2.49. The molecule has 0 saturated heterocycles. The number of hydrogen-bond donors (Lipinski definition) is 2. The van der Waals surface area contributed by atoms with Crippen molar-refractivity contribution in [2.45, 2.75) is 32.4 Å². The molecule has 110 valence electrons. The largest absolute Gasteiger partial charge is 0.480 e. The van der Waals surface area contributed by atoms with Gasteiger partial charge in [-0.3, -0.25) is 0 Å². The van der Waals surface area contributed by atoms with Gasteiger partial charge in [-0.25, -0.2) is 4.79 Å². The molecule has 1 saturated carbocycles. The Balaban J connectivity index is 2.17. The molecule has 1 aliphatic rings. The van der Waals surface area contributed by atoms with Gasteiger partial charge in [-0.1, -0.05) is 13.8 Å². The van der Waals surface area contributed by atoms with Crippen LogP contribution in [-0.2, 0) is 4.74 Å². The minimum atomic E-state index is -0.486. The molecule has 1 fully saturated rings. The van der Waals surface area contributed by atoms with Gasteiger partial charge in [0.05, 0.1) is 20.3 Å². The molecule has 0 amide bonds. The summed E-state index contributed by atoms with van der Waals surface area (Å²) in [5, 5.41) is 13.0. The van der Waals surface area contributed by atoms with E-state index in [1.54, 1.807) is 12.1 Å². The molecule has 2 N–H and O–H groups in total. The first-order valence-electron chi connectivity index (χ1n) is 6.48. The number of carbonyl (C=O) groups excluding carboxylic acids is 1. The molecule has 6 nitrogen and oxygen atoms in total. The number of nitrogens with zero attached hydrogens (tertiary/aromatic N) is 1. The van der Waals surface area contributed by atoms with Gasteiger partial charge >= 0.3 is 5.97 Å². The van der Waals surface area contributed by atoms with E-state index in [1.807, 2.05) is 13.8 Å². The summed E-state index contributed by atoms with van der Waals surface area (Å²) in [6.45, 7) is 4.00. The monoisotopic (exact) mass is 280 g/mol. The van der Waals surface area contributed by atoms with Gasteiger partial charge in [-0.2, -0.15) is 4.98 Å². The fourth-order valence-corrected chi connectivity index (χ4v) is 2.27. The second-order valence-electron chi connectivity index (χ2n) is 5.51. The van der Waals surface area contributed by atoms with Crippen molar-refractivity contribution in [2.24, 2.45) is 5.41 Å². The summed E-state index contributed by atoms with van der Waals surface area (Å²) < 4.78 is 9.78. The molecule has 1 heterocycles. The van der Waals surface area contributed by atoms with Gasteiger partial charge in [-0.05, 0) is 18.6 Å². The van der Waals surface area contributed by atoms with Crippen molar-refractivity contribution >= 4 is 11.8 Å². The fourth-order valence-electron chi connectivity index (χ4n) is 2.27. The lowest BCUT2D eigenvalue weighted by Crippen LogP contribution is -2.57. The number of anilines is 1. The van der Waals surface area contributed by atoms with Crippen molar-refractivity contribution in [1.82, 2.24) is 4.98 Å². The van der Waals surface area contributed by atoms with Gasteiger partial charge in [-0.15, -0.1) is 0 Å². The van der Waals surface area contributed by atoms with Crippen LogP contribution in [0.5, 0.6) is 5.88 Å². The fraction of sp³-hybridized carbons (Fsp3) is 0.571. The molecule has 2 unspecified atom stereocenters. The average molecular weight is 280 g/mol. The molecule has 20 heavy (non-hydrogen) atoms. The summed E-state index contributed by atoms with van der Waals surface area (Å²) in [6.07, 6.45) is 0.367. The highest BCUT2D eigenvalue weighted by molar-refractivity contribution is 5.92. The topological polar surface area (TPSA) is 80.7 Å². The molecule has 0 radical (unpaired) electrons. The summed E-state index contributed by atoms with van der Waals surface area (Å²) in [7, 11) is 2.77. The number of aliphatic hydroxyl groups excluding tert-OH is 1. The number of aromatic nitrogens is 1. The molecule has 0 aromatic carbocycles. The smallest absolute Gasteiger partial charge is 0.343 e. The van der Waals surface area contributed by atoms with Gasteiger partial charge in [0.25, 0.3) is 0 Å². The van der Waals surface area contributed by atoms with Crippen LogP contribution in [0.25, 0.3) is 0 Å². The normalized spacial score (nSPS) is 23.6. The van der Waals surface area contributed by atoms with Gasteiger partial charge in [0, 0.05) is 11.5 Å². The Labute approximate surface area is 118 Å². The molecular weight excluding hydrogens is 260 g/mol.